The van der Waals surface area contributed by atoms with E-state index >= 15 is 0 Å². The zero-order chi connectivity index (χ0) is 16.7. The van der Waals surface area contributed by atoms with E-state index in [1.165, 1.54) is 30.4 Å². The molecule has 2 aromatic heterocycles. The summed E-state index contributed by atoms with van der Waals surface area (Å²) in [7, 11) is 0. The smallest absolute Gasteiger partial charge is 0.275 e. The van der Waals surface area contributed by atoms with Crippen molar-refractivity contribution in [2.45, 2.75) is 33.1 Å². The Morgan fingerprint density at radius 2 is 2.17 bits per heavy atom. The van der Waals surface area contributed by atoms with Gasteiger partial charge < -0.3 is 9.32 Å². The lowest BCUT2D eigenvalue weighted by Gasteiger charge is -2.20. The standard InChI is InChI=1S/C19H23N3O2/c1-12-3-6-16(20-8-12)7-14-4-5-15-9-22(10-17(14)15)19(23)18-11-24-13(2)21-18/h3,6,8,11,14-15,17H,4-5,7,9-10H2,1-2H3/t14-,15-,17-/m1/s1. The highest BCUT2D eigenvalue weighted by atomic mass is 16.3. The fourth-order valence-corrected chi connectivity index (χ4v) is 4.31. The molecule has 0 aromatic carbocycles. The molecule has 2 aromatic rings. The Hall–Kier alpha value is -2.17. The molecule has 0 N–H and O–H groups in total. The normalized spacial score (nSPS) is 25.9. The van der Waals surface area contributed by atoms with Crippen LogP contribution in [0.25, 0.3) is 0 Å². The maximum absolute atomic E-state index is 12.6. The first-order valence-corrected chi connectivity index (χ1v) is 8.73. The molecule has 4 rings (SSSR count). The molecule has 0 bridgehead atoms. The van der Waals surface area contributed by atoms with Crippen molar-refractivity contribution in [2.24, 2.45) is 17.8 Å². The summed E-state index contributed by atoms with van der Waals surface area (Å²) in [5.41, 5.74) is 2.80. The Balaban J connectivity index is 1.43. The Bertz CT molecular complexity index is 737. The van der Waals surface area contributed by atoms with E-state index in [9.17, 15) is 4.79 Å². The number of nitrogens with zero attached hydrogens (tertiary/aromatic N) is 3. The van der Waals surface area contributed by atoms with Crippen LogP contribution in [0.4, 0.5) is 0 Å². The molecule has 0 unspecified atom stereocenters. The third-order valence-electron chi connectivity index (χ3n) is 5.57. The van der Waals surface area contributed by atoms with E-state index < -0.39 is 0 Å². The van der Waals surface area contributed by atoms with Crippen molar-refractivity contribution in [3.63, 3.8) is 0 Å². The Labute approximate surface area is 142 Å². The lowest BCUT2D eigenvalue weighted by Crippen LogP contribution is -2.30. The van der Waals surface area contributed by atoms with Crippen molar-refractivity contribution in [2.75, 3.05) is 13.1 Å². The summed E-state index contributed by atoms with van der Waals surface area (Å²) >= 11 is 0. The number of carbonyl (C=O) groups is 1. The molecule has 2 aliphatic rings. The predicted octanol–water partition coefficient (Wildman–Crippen LogP) is 3.03. The molecule has 2 fully saturated rings. The molecule has 3 atom stereocenters. The maximum Gasteiger partial charge on any atom is 0.275 e. The average molecular weight is 325 g/mol. The molecule has 24 heavy (non-hydrogen) atoms. The second-order valence-corrected chi connectivity index (χ2v) is 7.25. The molecule has 0 spiro atoms. The van der Waals surface area contributed by atoms with E-state index in [-0.39, 0.29) is 5.91 Å². The van der Waals surface area contributed by atoms with Gasteiger partial charge in [-0.1, -0.05) is 6.07 Å². The summed E-state index contributed by atoms with van der Waals surface area (Å²) in [6, 6.07) is 4.27. The van der Waals surface area contributed by atoms with Crippen LogP contribution in [0.3, 0.4) is 0 Å². The van der Waals surface area contributed by atoms with Gasteiger partial charge in [0, 0.05) is 31.9 Å². The first-order valence-electron chi connectivity index (χ1n) is 8.73. The van der Waals surface area contributed by atoms with Gasteiger partial charge in [0.2, 0.25) is 0 Å². The van der Waals surface area contributed by atoms with Gasteiger partial charge in [-0.3, -0.25) is 9.78 Å². The van der Waals surface area contributed by atoms with E-state index in [1.54, 1.807) is 6.92 Å². The molecule has 1 saturated heterocycles. The highest BCUT2D eigenvalue weighted by molar-refractivity contribution is 5.92. The van der Waals surface area contributed by atoms with E-state index in [4.69, 9.17) is 4.42 Å². The van der Waals surface area contributed by atoms with Crippen molar-refractivity contribution in [3.05, 3.63) is 47.4 Å². The van der Waals surface area contributed by atoms with Crippen LogP contribution in [0, 0.1) is 31.6 Å². The van der Waals surface area contributed by atoms with Crippen LogP contribution in [-0.4, -0.2) is 33.9 Å². The number of likely N-dealkylation sites (tertiary alicyclic amines) is 1. The summed E-state index contributed by atoms with van der Waals surface area (Å²) in [5, 5.41) is 0. The SMILES string of the molecule is Cc1ccc(C[C@H]2CC[C@@H]3CN(C(=O)c4coc(C)n4)C[C@H]23)nc1. The van der Waals surface area contributed by atoms with Crippen molar-refractivity contribution in [1.82, 2.24) is 14.9 Å². The summed E-state index contributed by atoms with van der Waals surface area (Å²) in [4.78, 5) is 23.3. The fourth-order valence-electron chi connectivity index (χ4n) is 4.31. The molecule has 1 amide bonds. The topological polar surface area (TPSA) is 59.2 Å². The fraction of sp³-hybridized carbons (Fsp3) is 0.526. The van der Waals surface area contributed by atoms with Gasteiger partial charge in [-0.05, 0) is 55.6 Å². The van der Waals surface area contributed by atoms with Crippen molar-refractivity contribution in [1.29, 1.82) is 0 Å². The quantitative estimate of drug-likeness (QED) is 0.870. The molecule has 1 aliphatic heterocycles. The van der Waals surface area contributed by atoms with Gasteiger partial charge in [-0.25, -0.2) is 4.98 Å². The van der Waals surface area contributed by atoms with Gasteiger partial charge in [0.15, 0.2) is 11.6 Å². The summed E-state index contributed by atoms with van der Waals surface area (Å²) in [5.74, 6) is 2.39. The molecular formula is C19H23N3O2. The zero-order valence-electron chi connectivity index (χ0n) is 14.2. The number of aromatic nitrogens is 2. The number of carbonyl (C=O) groups excluding carboxylic acids is 1. The van der Waals surface area contributed by atoms with Crippen LogP contribution in [-0.2, 0) is 6.42 Å². The van der Waals surface area contributed by atoms with Gasteiger partial charge >= 0.3 is 0 Å². The highest BCUT2D eigenvalue weighted by Crippen LogP contribution is 2.43. The molecule has 1 saturated carbocycles. The lowest BCUT2D eigenvalue weighted by molar-refractivity contribution is 0.0770. The van der Waals surface area contributed by atoms with Crippen LogP contribution in [0.2, 0.25) is 0 Å². The van der Waals surface area contributed by atoms with Gasteiger partial charge in [0.25, 0.3) is 5.91 Å². The number of amides is 1. The third kappa shape index (κ3) is 2.83. The first kappa shape index (κ1) is 15.4. The minimum Gasteiger partial charge on any atom is -0.448 e. The molecule has 1 aliphatic carbocycles. The Morgan fingerprint density at radius 3 is 2.88 bits per heavy atom. The van der Waals surface area contributed by atoms with Crippen LogP contribution in [0.1, 0.15) is 40.5 Å². The van der Waals surface area contributed by atoms with Crippen LogP contribution < -0.4 is 0 Å². The third-order valence-corrected chi connectivity index (χ3v) is 5.57. The van der Waals surface area contributed by atoms with Gasteiger partial charge in [0.05, 0.1) is 0 Å². The van der Waals surface area contributed by atoms with Crippen molar-refractivity contribution in [3.8, 4) is 0 Å². The van der Waals surface area contributed by atoms with Crippen molar-refractivity contribution >= 4 is 5.91 Å². The summed E-state index contributed by atoms with van der Waals surface area (Å²) in [6.45, 7) is 5.52. The van der Waals surface area contributed by atoms with Gasteiger partial charge in [0.1, 0.15) is 6.26 Å². The molecule has 0 radical (unpaired) electrons. The molecule has 5 heteroatoms. The predicted molar refractivity (Wildman–Crippen MR) is 89.5 cm³/mol. The second kappa shape index (κ2) is 6.04. The van der Waals surface area contributed by atoms with E-state index in [0.29, 0.717) is 29.3 Å². The number of oxazole rings is 1. The van der Waals surface area contributed by atoms with Crippen molar-refractivity contribution < 1.29 is 9.21 Å². The molecule has 3 heterocycles. The first-order chi connectivity index (χ1) is 11.6. The summed E-state index contributed by atoms with van der Waals surface area (Å²) in [6.07, 6.45) is 6.89. The Morgan fingerprint density at radius 1 is 1.29 bits per heavy atom. The van der Waals surface area contributed by atoms with Gasteiger partial charge in [-0.15, -0.1) is 0 Å². The second-order valence-electron chi connectivity index (χ2n) is 7.25. The number of hydrogen-bond acceptors (Lipinski definition) is 4. The molecular weight excluding hydrogens is 302 g/mol. The zero-order valence-corrected chi connectivity index (χ0v) is 14.2. The largest absolute Gasteiger partial charge is 0.448 e. The molecule has 126 valence electrons. The minimum absolute atomic E-state index is 0.00783. The maximum atomic E-state index is 12.6. The van der Waals surface area contributed by atoms with Crippen LogP contribution in [0.15, 0.2) is 29.0 Å². The molecule has 5 nitrogen and oxygen atoms in total. The lowest BCUT2D eigenvalue weighted by atomic mass is 9.89. The van der Waals surface area contributed by atoms with E-state index in [2.05, 4.69) is 29.0 Å². The average Bonchev–Trinajstić information content (AvgIpc) is 3.26. The number of aryl methyl sites for hydroxylation is 2. The van der Waals surface area contributed by atoms with Crippen LogP contribution >= 0.6 is 0 Å². The van der Waals surface area contributed by atoms with Gasteiger partial charge in [-0.2, -0.15) is 0 Å². The summed E-state index contributed by atoms with van der Waals surface area (Å²) < 4.78 is 5.18. The monoisotopic (exact) mass is 325 g/mol. The number of pyridine rings is 1. The van der Waals surface area contributed by atoms with E-state index in [0.717, 1.165) is 19.5 Å². The number of fused-ring (bicyclic) bond motifs is 1. The number of hydrogen-bond donors (Lipinski definition) is 0. The van der Waals surface area contributed by atoms with E-state index in [1.807, 2.05) is 11.1 Å². The number of rotatable bonds is 3. The Kier molecular flexibility index (Phi) is 3.87. The van der Waals surface area contributed by atoms with Crippen LogP contribution in [0.5, 0.6) is 0 Å². The minimum atomic E-state index is 0.00783. The highest BCUT2D eigenvalue weighted by Gasteiger charge is 2.44.